The third-order valence-corrected chi connectivity index (χ3v) is 4.32. The van der Waals surface area contributed by atoms with Crippen molar-refractivity contribution in [3.63, 3.8) is 0 Å². The molecule has 1 unspecified atom stereocenters. The number of carbonyl (C=O) groups excluding carboxylic acids is 1. The first-order valence-electron chi connectivity index (χ1n) is 6.52. The lowest BCUT2D eigenvalue weighted by Gasteiger charge is -2.18. The van der Waals surface area contributed by atoms with Crippen molar-refractivity contribution in [2.75, 3.05) is 19.8 Å². The van der Waals surface area contributed by atoms with Crippen LogP contribution in [0.2, 0.25) is 0 Å². The van der Waals surface area contributed by atoms with E-state index in [-0.39, 0.29) is 0 Å². The Labute approximate surface area is 130 Å². The fraction of sp³-hybridized carbons (Fsp3) is 0.429. The standard InChI is InChI=1S/C14H20N2O5S/c1-9-5-10(2)7-11(6-9)13(14(18)19)15-12(17)8-16(3)22(4,20)21/h5-7,13H,8H2,1-4H3,(H,15,17)(H,18,19). The van der Waals surface area contributed by atoms with E-state index in [1.54, 1.807) is 12.1 Å². The highest BCUT2D eigenvalue weighted by Crippen LogP contribution is 2.17. The third-order valence-electron chi connectivity index (χ3n) is 3.06. The van der Waals surface area contributed by atoms with Crippen LogP contribution in [0.1, 0.15) is 22.7 Å². The summed E-state index contributed by atoms with van der Waals surface area (Å²) in [4.78, 5) is 23.3. The molecule has 0 spiro atoms. The fourth-order valence-corrected chi connectivity index (χ4v) is 2.34. The van der Waals surface area contributed by atoms with E-state index in [0.29, 0.717) is 5.56 Å². The maximum absolute atomic E-state index is 11.9. The molecule has 0 aliphatic heterocycles. The van der Waals surface area contributed by atoms with Crippen LogP contribution in [0.25, 0.3) is 0 Å². The van der Waals surface area contributed by atoms with Crippen molar-refractivity contribution in [1.82, 2.24) is 9.62 Å². The third kappa shape index (κ3) is 5.12. The van der Waals surface area contributed by atoms with Gasteiger partial charge in [0.1, 0.15) is 0 Å². The highest BCUT2D eigenvalue weighted by Gasteiger charge is 2.24. The number of nitrogens with zero attached hydrogens (tertiary/aromatic N) is 1. The van der Waals surface area contributed by atoms with Gasteiger partial charge in [0.2, 0.25) is 15.9 Å². The van der Waals surface area contributed by atoms with Gasteiger partial charge in [0.25, 0.3) is 0 Å². The van der Waals surface area contributed by atoms with Crippen LogP contribution >= 0.6 is 0 Å². The van der Waals surface area contributed by atoms with E-state index in [1.807, 2.05) is 19.9 Å². The first-order chi connectivity index (χ1) is 10.0. The predicted molar refractivity (Wildman–Crippen MR) is 81.9 cm³/mol. The SMILES string of the molecule is Cc1cc(C)cc(C(NC(=O)CN(C)S(C)(=O)=O)C(=O)O)c1. The number of hydrogen-bond acceptors (Lipinski definition) is 4. The van der Waals surface area contributed by atoms with Gasteiger partial charge in [-0.15, -0.1) is 0 Å². The Morgan fingerprint density at radius 1 is 1.23 bits per heavy atom. The average molecular weight is 328 g/mol. The predicted octanol–water partition coefficient (Wildman–Crippen LogP) is 0.437. The summed E-state index contributed by atoms with van der Waals surface area (Å²) in [5.41, 5.74) is 2.20. The number of sulfonamides is 1. The molecule has 0 saturated heterocycles. The molecule has 0 radical (unpaired) electrons. The molecule has 22 heavy (non-hydrogen) atoms. The average Bonchev–Trinajstić information content (AvgIpc) is 2.33. The minimum absolute atomic E-state index is 0.437. The number of benzene rings is 1. The summed E-state index contributed by atoms with van der Waals surface area (Å²) < 4.78 is 23.4. The summed E-state index contributed by atoms with van der Waals surface area (Å²) in [5, 5.41) is 11.7. The summed E-state index contributed by atoms with van der Waals surface area (Å²) in [6, 6.07) is 4.01. The van der Waals surface area contributed by atoms with E-state index in [1.165, 1.54) is 7.05 Å². The fourth-order valence-electron chi connectivity index (χ4n) is 1.99. The number of carboxylic acid groups (broad SMARTS) is 1. The van der Waals surface area contributed by atoms with E-state index in [9.17, 15) is 23.1 Å². The number of rotatable bonds is 6. The van der Waals surface area contributed by atoms with Gasteiger partial charge in [-0.25, -0.2) is 13.2 Å². The van der Waals surface area contributed by atoms with Crippen LogP contribution in [0.3, 0.4) is 0 Å². The number of carboxylic acids is 1. The Bertz CT molecular complexity index is 664. The molecular weight excluding hydrogens is 308 g/mol. The zero-order valence-corrected chi connectivity index (χ0v) is 13.8. The van der Waals surface area contributed by atoms with E-state index >= 15 is 0 Å². The summed E-state index contributed by atoms with van der Waals surface area (Å²) >= 11 is 0. The number of carbonyl (C=O) groups is 2. The zero-order chi connectivity index (χ0) is 17.1. The number of likely N-dealkylation sites (N-methyl/N-ethyl adjacent to an activating group) is 1. The van der Waals surface area contributed by atoms with Crippen LogP contribution < -0.4 is 5.32 Å². The largest absolute Gasteiger partial charge is 0.479 e. The molecule has 1 atom stereocenters. The molecule has 7 nitrogen and oxygen atoms in total. The Kier molecular flexibility index (Phi) is 5.67. The molecule has 1 amide bonds. The number of amides is 1. The van der Waals surface area contributed by atoms with Gasteiger partial charge in [0, 0.05) is 7.05 Å². The number of hydrogen-bond donors (Lipinski definition) is 2. The lowest BCUT2D eigenvalue weighted by Crippen LogP contribution is -2.41. The summed E-state index contributed by atoms with van der Waals surface area (Å²) in [7, 11) is -2.26. The maximum Gasteiger partial charge on any atom is 0.330 e. The summed E-state index contributed by atoms with van der Waals surface area (Å²) in [6.45, 7) is 3.22. The highest BCUT2D eigenvalue weighted by atomic mass is 32.2. The van der Waals surface area contributed by atoms with Crippen LogP contribution in [0.5, 0.6) is 0 Å². The molecule has 0 bridgehead atoms. The lowest BCUT2D eigenvalue weighted by atomic mass is 10.0. The molecule has 0 fully saturated rings. The molecule has 0 aromatic heterocycles. The minimum Gasteiger partial charge on any atom is -0.479 e. The first kappa shape index (κ1) is 18.1. The molecule has 0 heterocycles. The zero-order valence-electron chi connectivity index (χ0n) is 13.0. The van der Waals surface area contributed by atoms with Crippen LogP contribution in [0.15, 0.2) is 18.2 Å². The van der Waals surface area contributed by atoms with Crippen LogP contribution in [-0.4, -0.2) is 49.6 Å². The van der Waals surface area contributed by atoms with Crippen molar-refractivity contribution in [3.05, 3.63) is 34.9 Å². The van der Waals surface area contributed by atoms with Crippen molar-refractivity contribution in [2.24, 2.45) is 0 Å². The van der Waals surface area contributed by atoms with Crippen molar-refractivity contribution >= 4 is 21.9 Å². The van der Waals surface area contributed by atoms with E-state index in [4.69, 9.17) is 0 Å². The highest BCUT2D eigenvalue weighted by molar-refractivity contribution is 7.88. The molecule has 1 rings (SSSR count). The Morgan fingerprint density at radius 2 is 1.73 bits per heavy atom. The number of nitrogens with one attached hydrogen (secondary N) is 1. The molecule has 8 heteroatoms. The van der Waals surface area contributed by atoms with Gasteiger partial charge in [0.15, 0.2) is 6.04 Å². The van der Waals surface area contributed by atoms with Crippen molar-refractivity contribution in [2.45, 2.75) is 19.9 Å². The van der Waals surface area contributed by atoms with Crippen molar-refractivity contribution in [3.8, 4) is 0 Å². The molecule has 0 aliphatic carbocycles. The number of aliphatic carboxylic acids is 1. The Balaban J connectivity index is 2.94. The van der Waals surface area contributed by atoms with E-state index in [2.05, 4.69) is 5.32 Å². The minimum atomic E-state index is -3.51. The summed E-state index contributed by atoms with van der Waals surface area (Å²) in [5.74, 6) is -1.89. The van der Waals surface area contributed by atoms with Gasteiger partial charge < -0.3 is 10.4 Å². The van der Waals surface area contributed by atoms with Gasteiger partial charge in [-0.2, -0.15) is 4.31 Å². The molecule has 0 aliphatic rings. The summed E-state index contributed by atoms with van der Waals surface area (Å²) in [6.07, 6.45) is 0.971. The maximum atomic E-state index is 11.9. The van der Waals surface area contributed by atoms with Gasteiger partial charge >= 0.3 is 5.97 Å². The van der Waals surface area contributed by atoms with Crippen molar-refractivity contribution in [1.29, 1.82) is 0 Å². The van der Waals surface area contributed by atoms with Gasteiger partial charge in [0.05, 0.1) is 12.8 Å². The second-order valence-corrected chi connectivity index (χ2v) is 7.37. The molecule has 0 saturated carbocycles. The Morgan fingerprint density at radius 3 is 2.14 bits per heavy atom. The van der Waals surface area contributed by atoms with E-state index in [0.717, 1.165) is 21.7 Å². The molecule has 1 aromatic rings. The molecular formula is C14H20N2O5S. The lowest BCUT2D eigenvalue weighted by molar-refractivity contribution is -0.142. The normalized spacial score (nSPS) is 13.0. The van der Waals surface area contributed by atoms with E-state index < -0.39 is 34.5 Å². The molecule has 2 N–H and O–H groups in total. The molecule has 122 valence electrons. The second-order valence-electron chi connectivity index (χ2n) is 5.28. The molecule has 1 aromatic carbocycles. The van der Waals surface area contributed by atoms with Crippen LogP contribution in [0.4, 0.5) is 0 Å². The smallest absolute Gasteiger partial charge is 0.330 e. The topological polar surface area (TPSA) is 104 Å². The van der Waals surface area contributed by atoms with Crippen LogP contribution in [0, 0.1) is 13.8 Å². The number of aryl methyl sites for hydroxylation is 2. The van der Waals surface area contributed by atoms with Gasteiger partial charge in [-0.1, -0.05) is 29.3 Å². The van der Waals surface area contributed by atoms with Gasteiger partial charge in [-0.3, -0.25) is 4.79 Å². The monoisotopic (exact) mass is 328 g/mol. The Hall–Kier alpha value is -1.93. The first-order valence-corrected chi connectivity index (χ1v) is 8.37. The van der Waals surface area contributed by atoms with Crippen LogP contribution in [-0.2, 0) is 19.6 Å². The second kappa shape index (κ2) is 6.89. The van der Waals surface area contributed by atoms with Crippen molar-refractivity contribution < 1.29 is 23.1 Å². The van der Waals surface area contributed by atoms with Gasteiger partial charge in [-0.05, 0) is 19.4 Å². The quantitative estimate of drug-likeness (QED) is 0.788.